The van der Waals surface area contributed by atoms with Crippen LogP contribution in [0.1, 0.15) is 49.0 Å². The Morgan fingerprint density at radius 2 is 2.26 bits per heavy atom. The van der Waals surface area contributed by atoms with Crippen LogP contribution in [0.25, 0.3) is 0 Å². The van der Waals surface area contributed by atoms with Crippen LogP contribution < -0.4 is 10.9 Å². The topological polar surface area (TPSA) is 43.3 Å². The van der Waals surface area contributed by atoms with Crippen molar-refractivity contribution >= 4 is 0 Å². The zero-order chi connectivity index (χ0) is 12.8. The van der Waals surface area contributed by atoms with Gasteiger partial charge in [0.25, 0.3) is 5.56 Å². The molecular weight excluding hydrogens is 240 g/mol. The van der Waals surface area contributed by atoms with Gasteiger partial charge >= 0.3 is 0 Å². The number of aromatic nitrogens is 1. The quantitative estimate of drug-likeness (QED) is 0.833. The van der Waals surface area contributed by atoms with Gasteiger partial charge in [0.2, 0.25) is 0 Å². The van der Waals surface area contributed by atoms with Gasteiger partial charge in [-0.3, -0.25) is 4.79 Å². The highest BCUT2D eigenvalue weighted by atomic mass is 16.5. The number of ether oxygens (including phenoxy) is 1. The molecule has 1 saturated carbocycles. The Kier molecular flexibility index (Phi) is 2.74. The van der Waals surface area contributed by atoms with Crippen LogP contribution in [0.5, 0.6) is 0 Å². The standard InChI is InChI=1S/C15H20N2O2/c18-15-10(14-3-1-8-19-14)4-5-13-11-9-12(11)16-6-2-7-17(13)15/h4-5,11-12,14,16H,1-3,6-9H2. The molecule has 4 rings (SSSR count). The molecule has 0 radical (unpaired) electrons. The second kappa shape index (κ2) is 4.46. The van der Waals surface area contributed by atoms with E-state index in [1.54, 1.807) is 0 Å². The summed E-state index contributed by atoms with van der Waals surface area (Å²) in [6, 6.07) is 4.77. The third kappa shape index (κ3) is 1.94. The van der Waals surface area contributed by atoms with Crippen molar-refractivity contribution in [2.45, 2.75) is 50.3 Å². The fourth-order valence-electron chi connectivity index (χ4n) is 3.50. The van der Waals surface area contributed by atoms with Gasteiger partial charge < -0.3 is 14.6 Å². The number of rotatable bonds is 1. The first kappa shape index (κ1) is 11.7. The zero-order valence-electron chi connectivity index (χ0n) is 11.1. The van der Waals surface area contributed by atoms with Crippen LogP contribution in [0.2, 0.25) is 0 Å². The lowest BCUT2D eigenvalue weighted by Crippen LogP contribution is -2.32. The molecule has 0 aromatic carbocycles. The highest BCUT2D eigenvalue weighted by Crippen LogP contribution is 2.41. The van der Waals surface area contributed by atoms with Crippen LogP contribution >= 0.6 is 0 Å². The monoisotopic (exact) mass is 260 g/mol. The van der Waals surface area contributed by atoms with Crippen LogP contribution in [0, 0.1) is 0 Å². The maximum Gasteiger partial charge on any atom is 0.256 e. The Morgan fingerprint density at radius 3 is 3.11 bits per heavy atom. The molecule has 3 atom stereocenters. The Hall–Kier alpha value is -1.13. The minimum Gasteiger partial charge on any atom is -0.373 e. The first-order valence-electron chi connectivity index (χ1n) is 7.43. The van der Waals surface area contributed by atoms with E-state index in [9.17, 15) is 4.79 Å². The van der Waals surface area contributed by atoms with Gasteiger partial charge in [-0.2, -0.15) is 0 Å². The molecule has 2 aliphatic heterocycles. The first-order chi connectivity index (χ1) is 9.34. The number of nitrogens with zero attached hydrogens (tertiary/aromatic N) is 1. The molecule has 102 valence electrons. The lowest BCUT2D eigenvalue weighted by molar-refractivity contribution is 0.110. The summed E-state index contributed by atoms with van der Waals surface area (Å²) in [7, 11) is 0. The molecule has 2 fully saturated rings. The summed E-state index contributed by atoms with van der Waals surface area (Å²) in [6.07, 6.45) is 4.30. The van der Waals surface area contributed by atoms with Crippen molar-refractivity contribution in [1.29, 1.82) is 0 Å². The van der Waals surface area contributed by atoms with E-state index in [4.69, 9.17) is 4.74 Å². The van der Waals surface area contributed by atoms with Gasteiger partial charge in [-0.1, -0.05) is 0 Å². The van der Waals surface area contributed by atoms with Crippen molar-refractivity contribution < 1.29 is 4.74 Å². The number of pyridine rings is 1. The van der Waals surface area contributed by atoms with Gasteiger partial charge in [0, 0.05) is 36.4 Å². The predicted molar refractivity (Wildman–Crippen MR) is 72.4 cm³/mol. The van der Waals surface area contributed by atoms with Gasteiger partial charge in [0.05, 0.1) is 6.10 Å². The highest BCUT2D eigenvalue weighted by molar-refractivity contribution is 5.27. The fraction of sp³-hybridized carbons (Fsp3) is 0.667. The normalized spacial score (nSPS) is 33.2. The van der Waals surface area contributed by atoms with E-state index < -0.39 is 0 Å². The molecule has 1 aromatic heterocycles. The summed E-state index contributed by atoms with van der Waals surface area (Å²) in [6.45, 7) is 2.66. The molecular formula is C15H20N2O2. The molecule has 1 saturated heterocycles. The maximum atomic E-state index is 12.7. The van der Waals surface area contributed by atoms with Crippen molar-refractivity contribution in [3.05, 3.63) is 33.7 Å². The van der Waals surface area contributed by atoms with E-state index >= 15 is 0 Å². The van der Waals surface area contributed by atoms with Crippen molar-refractivity contribution in [3.8, 4) is 0 Å². The molecule has 0 bridgehead atoms. The third-order valence-corrected chi connectivity index (χ3v) is 4.65. The molecule has 0 spiro atoms. The van der Waals surface area contributed by atoms with E-state index in [1.165, 1.54) is 12.1 Å². The van der Waals surface area contributed by atoms with Crippen LogP contribution in [0.4, 0.5) is 0 Å². The molecule has 3 aliphatic rings. The van der Waals surface area contributed by atoms with Crippen molar-refractivity contribution in [3.63, 3.8) is 0 Å². The van der Waals surface area contributed by atoms with E-state index in [0.29, 0.717) is 12.0 Å². The average molecular weight is 260 g/mol. The second-order valence-corrected chi connectivity index (χ2v) is 5.93. The first-order valence-corrected chi connectivity index (χ1v) is 7.43. The Labute approximate surface area is 112 Å². The SMILES string of the molecule is O=c1c(C2CCCO2)ccc2n1CCCNC1CC21. The van der Waals surface area contributed by atoms with Gasteiger partial charge in [-0.05, 0) is 44.4 Å². The number of nitrogens with one attached hydrogen (secondary N) is 1. The Bertz CT molecular complexity index is 546. The maximum absolute atomic E-state index is 12.7. The van der Waals surface area contributed by atoms with Gasteiger partial charge in [-0.25, -0.2) is 0 Å². The van der Waals surface area contributed by atoms with Crippen LogP contribution in [0.15, 0.2) is 16.9 Å². The van der Waals surface area contributed by atoms with E-state index in [1.807, 2.05) is 10.6 Å². The summed E-state index contributed by atoms with van der Waals surface area (Å²) < 4.78 is 7.69. The average Bonchev–Trinajstić information content (AvgIpc) is 2.94. The van der Waals surface area contributed by atoms with Gasteiger partial charge in [0.15, 0.2) is 0 Å². The third-order valence-electron chi connectivity index (χ3n) is 4.65. The molecule has 3 unspecified atom stereocenters. The Balaban J connectivity index is 1.76. The van der Waals surface area contributed by atoms with Crippen LogP contribution in [-0.2, 0) is 11.3 Å². The number of hydrogen-bond donors (Lipinski definition) is 1. The summed E-state index contributed by atoms with van der Waals surface area (Å²) in [5, 5.41) is 3.55. The zero-order valence-corrected chi connectivity index (χ0v) is 11.1. The van der Waals surface area contributed by atoms with Crippen molar-refractivity contribution in [2.24, 2.45) is 0 Å². The molecule has 1 aromatic rings. The fourth-order valence-corrected chi connectivity index (χ4v) is 3.50. The van der Waals surface area contributed by atoms with Crippen LogP contribution in [-0.4, -0.2) is 23.8 Å². The molecule has 4 nitrogen and oxygen atoms in total. The minimum absolute atomic E-state index is 0.0314. The van der Waals surface area contributed by atoms with E-state index in [-0.39, 0.29) is 11.7 Å². The smallest absolute Gasteiger partial charge is 0.256 e. The second-order valence-electron chi connectivity index (χ2n) is 5.93. The van der Waals surface area contributed by atoms with Gasteiger partial charge in [-0.15, -0.1) is 0 Å². The minimum atomic E-state index is 0.0314. The predicted octanol–water partition coefficient (Wildman–Crippen LogP) is 1.55. The molecule has 19 heavy (non-hydrogen) atoms. The molecule has 0 amide bonds. The largest absolute Gasteiger partial charge is 0.373 e. The van der Waals surface area contributed by atoms with E-state index in [0.717, 1.165) is 44.5 Å². The molecule has 1 N–H and O–H groups in total. The number of fused-ring (bicyclic) bond motifs is 3. The van der Waals surface area contributed by atoms with Crippen molar-refractivity contribution in [1.82, 2.24) is 9.88 Å². The van der Waals surface area contributed by atoms with Crippen LogP contribution in [0.3, 0.4) is 0 Å². The Morgan fingerprint density at radius 1 is 1.32 bits per heavy atom. The lowest BCUT2D eigenvalue weighted by atomic mass is 10.1. The summed E-state index contributed by atoms with van der Waals surface area (Å²) in [5.74, 6) is 0.548. The number of hydrogen-bond acceptors (Lipinski definition) is 3. The summed E-state index contributed by atoms with van der Waals surface area (Å²) in [4.78, 5) is 12.7. The highest BCUT2D eigenvalue weighted by Gasteiger charge is 2.40. The summed E-state index contributed by atoms with van der Waals surface area (Å²) >= 11 is 0. The van der Waals surface area contributed by atoms with Crippen molar-refractivity contribution in [2.75, 3.05) is 13.2 Å². The molecule has 4 heteroatoms. The summed E-state index contributed by atoms with van der Waals surface area (Å²) in [5.41, 5.74) is 2.29. The molecule has 1 aliphatic carbocycles. The van der Waals surface area contributed by atoms with Gasteiger partial charge in [0.1, 0.15) is 0 Å². The van der Waals surface area contributed by atoms with E-state index in [2.05, 4.69) is 11.4 Å². The lowest BCUT2D eigenvalue weighted by Gasteiger charge is -2.19. The molecule has 3 heterocycles.